The molecule has 2 N–H and O–H groups in total. The molecular weight excluding hydrogens is 292 g/mol. The summed E-state index contributed by atoms with van der Waals surface area (Å²) in [6, 6.07) is 0. The Kier molecular flexibility index (Phi) is 6.40. The lowest BCUT2D eigenvalue weighted by molar-refractivity contribution is -0.137. The van der Waals surface area contributed by atoms with Gasteiger partial charge in [0.25, 0.3) is 0 Å². The zero-order valence-electron chi connectivity index (χ0n) is 8.91. The first-order valence-electron chi connectivity index (χ1n) is 5.25. The Hall–Kier alpha value is -0.620. The molecule has 0 unspecified atom stereocenters. The first kappa shape index (κ1) is 13.4. The fraction of sp³-hybridized carbons (Fsp3) is 0.600. The first-order valence-corrected chi connectivity index (χ1v) is 6.92. The largest absolute Gasteiger partial charge is 0.481 e. The number of aliphatic carboxylic acids is 1. The van der Waals surface area contributed by atoms with E-state index in [1.54, 1.807) is 11.3 Å². The summed E-state index contributed by atoms with van der Waals surface area (Å²) in [5, 5.41) is 14.5. The number of hydrogen-bond donors (Lipinski definition) is 2. The SMILES string of the molecule is O=C(O)CCCCCCNc1nc(Br)cs1. The molecule has 0 atom stereocenters. The molecule has 1 aromatic rings. The van der Waals surface area contributed by atoms with Crippen molar-refractivity contribution in [1.82, 2.24) is 4.98 Å². The number of carboxylic acids is 1. The molecule has 6 heteroatoms. The van der Waals surface area contributed by atoms with Gasteiger partial charge in [0, 0.05) is 18.3 Å². The van der Waals surface area contributed by atoms with E-state index < -0.39 is 5.97 Å². The third-order valence-corrected chi connectivity index (χ3v) is 3.58. The standard InChI is InChI=1S/C10H15BrN2O2S/c11-8-7-16-10(13-8)12-6-4-2-1-3-5-9(14)15/h7H,1-6H2,(H,12,13)(H,14,15). The highest BCUT2D eigenvalue weighted by Gasteiger charge is 1.98. The van der Waals surface area contributed by atoms with Gasteiger partial charge in [-0.05, 0) is 28.8 Å². The van der Waals surface area contributed by atoms with Gasteiger partial charge in [-0.2, -0.15) is 0 Å². The lowest BCUT2D eigenvalue weighted by Crippen LogP contribution is -2.01. The van der Waals surface area contributed by atoms with Crippen LogP contribution in [0.5, 0.6) is 0 Å². The maximum absolute atomic E-state index is 10.3. The van der Waals surface area contributed by atoms with Crippen LogP contribution in [0, 0.1) is 0 Å². The third kappa shape index (κ3) is 6.07. The van der Waals surface area contributed by atoms with Crippen molar-refractivity contribution in [3.63, 3.8) is 0 Å². The van der Waals surface area contributed by atoms with Crippen LogP contribution in [0.1, 0.15) is 32.1 Å². The maximum Gasteiger partial charge on any atom is 0.303 e. The van der Waals surface area contributed by atoms with Crippen LogP contribution in [0.15, 0.2) is 9.98 Å². The van der Waals surface area contributed by atoms with E-state index >= 15 is 0 Å². The van der Waals surface area contributed by atoms with E-state index in [4.69, 9.17) is 5.11 Å². The Bertz CT molecular complexity index is 330. The van der Waals surface area contributed by atoms with Crippen molar-refractivity contribution < 1.29 is 9.90 Å². The van der Waals surface area contributed by atoms with Gasteiger partial charge < -0.3 is 10.4 Å². The fourth-order valence-corrected chi connectivity index (χ4v) is 2.46. The second-order valence-electron chi connectivity index (χ2n) is 3.46. The Morgan fingerprint density at radius 2 is 2.19 bits per heavy atom. The summed E-state index contributed by atoms with van der Waals surface area (Å²) < 4.78 is 0.862. The van der Waals surface area contributed by atoms with Crippen LogP contribution >= 0.6 is 27.3 Å². The number of thiazole rings is 1. The Morgan fingerprint density at radius 1 is 1.44 bits per heavy atom. The van der Waals surface area contributed by atoms with Crippen LogP contribution < -0.4 is 5.32 Å². The van der Waals surface area contributed by atoms with Gasteiger partial charge in [0.15, 0.2) is 5.13 Å². The van der Waals surface area contributed by atoms with E-state index in [1.807, 2.05) is 5.38 Å². The van der Waals surface area contributed by atoms with Crippen molar-refractivity contribution in [2.45, 2.75) is 32.1 Å². The molecule has 16 heavy (non-hydrogen) atoms. The van der Waals surface area contributed by atoms with Gasteiger partial charge in [-0.15, -0.1) is 11.3 Å². The highest BCUT2D eigenvalue weighted by molar-refractivity contribution is 9.10. The normalized spacial score (nSPS) is 10.3. The molecule has 90 valence electrons. The number of nitrogens with zero attached hydrogens (tertiary/aromatic N) is 1. The van der Waals surface area contributed by atoms with E-state index in [9.17, 15) is 4.79 Å². The molecule has 1 aromatic heterocycles. The van der Waals surface area contributed by atoms with Gasteiger partial charge >= 0.3 is 5.97 Å². The molecular formula is C10H15BrN2O2S. The molecule has 0 aliphatic carbocycles. The molecule has 0 aliphatic rings. The predicted molar refractivity (Wildman–Crippen MR) is 69.0 cm³/mol. The summed E-state index contributed by atoms with van der Waals surface area (Å²) in [4.78, 5) is 14.5. The van der Waals surface area contributed by atoms with Gasteiger partial charge in [0.2, 0.25) is 0 Å². The van der Waals surface area contributed by atoms with Crippen molar-refractivity contribution >= 4 is 38.4 Å². The molecule has 0 saturated heterocycles. The molecule has 1 heterocycles. The number of carboxylic acid groups (broad SMARTS) is 1. The summed E-state index contributed by atoms with van der Waals surface area (Å²) in [5.41, 5.74) is 0. The first-order chi connectivity index (χ1) is 7.68. The fourth-order valence-electron chi connectivity index (χ4n) is 1.29. The van der Waals surface area contributed by atoms with E-state index in [1.165, 1.54) is 0 Å². The zero-order valence-corrected chi connectivity index (χ0v) is 11.3. The molecule has 0 aromatic carbocycles. The number of rotatable bonds is 8. The highest BCUT2D eigenvalue weighted by atomic mass is 79.9. The van der Waals surface area contributed by atoms with Gasteiger partial charge in [0.05, 0.1) is 0 Å². The molecule has 0 saturated carbocycles. The smallest absolute Gasteiger partial charge is 0.303 e. The second-order valence-corrected chi connectivity index (χ2v) is 5.13. The molecule has 0 fully saturated rings. The van der Waals surface area contributed by atoms with Crippen LogP contribution in [-0.2, 0) is 4.79 Å². The van der Waals surface area contributed by atoms with Crippen molar-refractivity contribution in [2.75, 3.05) is 11.9 Å². The van der Waals surface area contributed by atoms with Crippen LogP contribution in [0.25, 0.3) is 0 Å². The van der Waals surface area contributed by atoms with Crippen LogP contribution in [0.2, 0.25) is 0 Å². The molecule has 4 nitrogen and oxygen atoms in total. The van der Waals surface area contributed by atoms with Gasteiger partial charge in [-0.25, -0.2) is 4.98 Å². The lowest BCUT2D eigenvalue weighted by atomic mass is 10.1. The summed E-state index contributed by atoms with van der Waals surface area (Å²) in [6.45, 7) is 0.896. The van der Waals surface area contributed by atoms with Crippen molar-refractivity contribution in [1.29, 1.82) is 0 Å². The highest BCUT2D eigenvalue weighted by Crippen LogP contribution is 2.19. The van der Waals surface area contributed by atoms with E-state index in [-0.39, 0.29) is 6.42 Å². The van der Waals surface area contributed by atoms with Crippen LogP contribution in [0.3, 0.4) is 0 Å². The number of nitrogens with one attached hydrogen (secondary N) is 1. The maximum atomic E-state index is 10.3. The number of unbranched alkanes of at least 4 members (excludes halogenated alkanes) is 3. The molecule has 0 radical (unpaired) electrons. The quantitative estimate of drug-likeness (QED) is 0.723. The number of aromatic nitrogens is 1. The average Bonchev–Trinajstić information content (AvgIpc) is 2.62. The zero-order chi connectivity index (χ0) is 11.8. The van der Waals surface area contributed by atoms with Crippen LogP contribution in [-0.4, -0.2) is 22.6 Å². The van der Waals surface area contributed by atoms with Crippen molar-refractivity contribution in [3.05, 3.63) is 9.98 Å². The molecule has 0 aliphatic heterocycles. The van der Waals surface area contributed by atoms with Gasteiger partial charge in [-0.1, -0.05) is 12.8 Å². The molecule has 0 amide bonds. The van der Waals surface area contributed by atoms with Crippen molar-refractivity contribution in [2.24, 2.45) is 0 Å². The number of halogens is 1. The van der Waals surface area contributed by atoms with Gasteiger partial charge in [-0.3, -0.25) is 4.79 Å². The predicted octanol–water partition coefficient (Wildman–Crippen LogP) is 3.35. The number of carbonyl (C=O) groups is 1. The molecule has 1 rings (SSSR count). The van der Waals surface area contributed by atoms with Crippen LogP contribution in [0.4, 0.5) is 5.13 Å². The summed E-state index contributed by atoms with van der Waals surface area (Å²) in [5.74, 6) is -0.703. The topological polar surface area (TPSA) is 62.2 Å². The number of anilines is 1. The summed E-state index contributed by atoms with van der Waals surface area (Å²) >= 11 is 4.87. The lowest BCUT2D eigenvalue weighted by Gasteiger charge is -2.01. The monoisotopic (exact) mass is 306 g/mol. The Labute approximate surface area is 107 Å². The minimum absolute atomic E-state index is 0.285. The minimum atomic E-state index is -0.703. The van der Waals surface area contributed by atoms with E-state index in [2.05, 4.69) is 26.2 Å². The van der Waals surface area contributed by atoms with E-state index in [0.717, 1.165) is 42.0 Å². The second kappa shape index (κ2) is 7.62. The molecule has 0 spiro atoms. The summed E-state index contributed by atoms with van der Waals surface area (Å²) in [6.07, 6.45) is 4.16. The van der Waals surface area contributed by atoms with Crippen molar-refractivity contribution in [3.8, 4) is 0 Å². The Morgan fingerprint density at radius 3 is 2.81 bits per heavy atom. The Balaban J connectivity index is 1.94. The minimum Gasteiger partial charge on any atom is -0.481 e. The molecule has 0 bridgehead atoms. The van der Waals surface area contributed by atoms with E-state index in [0.29, 0.717) is 0 Å². The number of hydrogen-bond acceptors (Lipinski definition) is 4. The average molecular weight is 307 g/mol. The van der Waals surface area contributed by atoms with Gasteiger partial charge in [0.1, 0.15) is 4.60 Å². The summed E-state index contributed by atoms with van der Waals surface area (Å²) in [7, 11) is 0. The third-order valence-electron chi connectivity index (χ3n) is 2.07.